The van der Waals surface area contributed by atoms with Crippen LogP contribution in [0.2, 0.25) is 0 Å². The van der Waals surface area contributed by atoms with Gasteiger partial charge < -0.3 is 22.9 Å². The Kier molecular flexibility index (Phi) is 3.78. The van der Waals surface area contributed by atoms with Crippen molar-refractivity contribution >= 4 is 0 Å². The first kappa shape index (κ1) is 13.3. The van der Waals surface area contributed by atoms with Gasteiger partial charge >= 0.3 is 0 Å². The molecule has 0 aliphatic heterocycles. The maximum atomic E-state index is 6.51. The van der Waals surface area contributed by atoms with E-state index in [1.165, 1.54) is 0 Å². The molecule has 0 amide bonds. The van der Waals surface area contributed by atoms with Crippen molar-refractivity contribution in [3.8, 4) is 0 Å². The zero-order valence-electron chi connectivity index (χ0n) is 10.8. The summed E-state index contributed by atoms with van der Waals surface area (Å²) in [5, 5.41) is 0. The lowest BCUT2D eigenvalue weighted by atomic mass is 9.68. The second kappa shape index (κ2) is 4.84. The standard InChI is InChI=1S/C13H28N4/c14-10-1-5-12(16,6-2-10)9-13(17)7-3-11(15)4-8-13/h10-11H,1-9,14-17H2. The molecule has 100 valence electrons. The maximum Gasteiger partial charge on any atom is 0.0173 e. The minimum absolute atomic E-state index is 0.0773. The first-order valence-corrected chi connectivity index (χ1v) is 7.00. The predicted molar refractivity (Wildman–Crippen MR) is 71.3 cm³/mol. The van der Waals surface area contributed by atoms with Crippen molar-refractivity contribution in [1.82, 2.24) is 0 Å². The highest BCUT2D eigenvalue weighted by Crippen LogP contribution is 2.37. The minimum atomic E-state index is -0.0773. The number of hydrogen-bond donors (Lipinski definition) is 4. The average molecular weight is 240 g/mol. The molecule has 0 aromatic rings. The molecule has 0 aromatic carbocycles. The Hall–Kier alpha value is -0.160. The van der Waals surface area contributed by atoms with Crippen molar-refractivity contribution in [2.75, 3.05) is 0 Å². The molecule has 2 aliphatic carbocycles. The lowest BCUT2D eigenvalue weighted by Crippen LogP contribution is -2.56. The average Bonchev–Trinajstić information content (AvgIpc) is 2.28. The van der Waals surface area contributed by atoms with Gasteiger partial charge in [-0.25, -0.2) is 0 Å². The summed E-state index contributed by atoms with van der Waals surface area (Å²) >= 11 is 0. The smallest absolute Gasteiger partial charge is 0.0173 e. The highest BCUT2D eigenvalue weighted by atomic mass is 14.8. The van der Waals surface area contributed by atoms with Crippen LogP contribution in [0, 0.1) is 0 Å². The van der Waals surface area contributed by atoms with Crippen LogP contribution in [0.15, 0.2) is 0 Å². The second-order valence-electron chi connectivity index (χ2n) is 6.58. The molecule has 0 spiro atoms. The Labute approximate surface area is 104 Å². The monoisotopic (exact) mass is 240 g/mol. The van der Waals surface area contributed by atoms with Gasteiger partial charge in [-0.05, 0) is 57.8 Å². The van der Waals surface area contributed by atoms with E-state index in [9.17, 15) is 0 Å². The van der Waals surface area contributed by atoms with Crippen molar-refractivity contribution in [3.05, 3.63) is 0 Å². The molecule has 0 aromatic heterocycles. The SMILES string of the molecule is NC1CCC(N)(CC2(N)CCC(N)CC2)CC1. The quantitative estimate of drug-likeness (QED) is 0.566. The third-order valence-corrected chi connectivity index (χ3v) is 4.76. The van der Waals surface area contributed by atoms with Gasteiger partial charge in [-0.2, -0.15) is 0 Å². The fraction of sp³-hybridized carbons (Fsp3) is 1.00. The number of nitrogens with two attached hydrogens (primary N) is 4. The van der Waals surface area contributed by atoms with E-state index in [4.69, 9.17) is 22.9 Å². The summed E-state index contributed by atoms with van der Waals surface area (Å²) in [7, 11) is 0. The Morgan fingerprint density at radius 1 is 0.706 bits per heavy atom. The highest BCUT2D eigenvalue weighted by molar-refractivity contribution is 5.01. The van der Waals surface area contributed by atoms with E-state index in [2.05, 4.69) is 0 Å². The van der Waals surface area contributed by atoms with Crippen molar-refractivity contribution in [2.24, 2.45) is 22.9 Å². The molecule has 0 bridgehead atoms. The molecule has 0 radical (unpaired) electrons. The number of hydrogen-bond acceptors (Lipinski definition) is 4. The van der Waals surface area contributed by atoms with Gasteiger partial charge in [-0.1, -0.05) is 0 Å². The lowest BCUT2D eigenvalue weighted by Gasteiger charge is -2.45. The van der Waals surface area contributed by atoms with Crippen LogP contribution in [-0.2, 0) is 0 Å². The summed E-state index contributed by atoms with van der Waals surface area (Å²) in [4.78, 5) is 0. The summed E-state index contributed by atoms with van der Waals surface area (Å²) in [6.07, 6.45) is 9.24. The Morgan fingerprint density at radius 3 is 1.29 bits per heavy atom. The zero-order valence-corrected chi connectivity index (χ0v) is 10.8. The molecular formula is C13H28N4. The third kappa shape index (κ3) is 3.41. The Morgan fingerprint density at radius 2 is 1.00 bits per heavy atom. The molecule has 2 aliphatic rings. The summed E-state index contributed by atoms with van der Waals surface area (Å²) < 4.78 is 0. The van der Waals surface area contributed by atoms with E-state index in [1.807, 2.05) is 0 Å². The fourth-order valence-electron chi connectivity index (χ4n) is 3.48. The molecule has 4 nitrogen and oxygen atoms in total. The van der Waals surface area contributed by atoms with E-state index in [0.29, 0.717) is 12.1 Å². The zero-order chi connectivity index (χ0) is 12.5. The Bertz CT molecular complexity index is 224. The van der Waals surface area contributed by atoms with Gasteiger partial charge in [0.05, 0.1) is 0 Å². The van der Waals surface area contributed by atoms with Gasteiger partial charge in [-0.3, -0.25) is 0 Å². The third-order valence-electron chi connectivity index (χ3n) is 4.76. The molecule has 0 saturated heterocycles. The van der Waals surface area contributed by atoms with Crippen LogP contribution >= 0.6 is 0 Å². The summed E-state index contributed by atoms with van der Waals surface area (Å²) in [6, 6.07) is 0.695. The van der Waals surface area contributed by atoms with Gasteiger partial charge in [0, 0.05) is 23.2 Å². The second-order valence-corrected chi connectivity index (χ2v) is 6.58. The first-order valence-electron chi connectivity index (χ1n) is 7.00. The molecule has 0 heterocycles. The normalized spacial score (nSPS) is 48.0. The van der Waals surface area contributed by atoms with Crippen molar-refractivity contribution < 1.29 is 0 Å². The molecule has 8 N–H and O–H groups in total. The fourth-order valence-corrected chi connectivity index (χ4v) is 3.48. The molecule has 0 unspecified atom stereocenters. The topological polar surface area (TPSA) is 104 Å². The van der Waals surface area contributed by atoms with E-state index in [0.717, 1.165) is 57.8 Å². The maximum absolute atomic E-state index is 6.51. The van der Waals surface area contributed by atoms with Crippen LogP contribution in [0.3, 0.4) is 0 Å². The molecule has 17 heavy (non-hydrogen) atoms. The van der Waals surface area contributed by atoms with Crippen molar-refractivity contribution in [3.63, 3.8) is 0 Å². The van der Waals surface area contributed by atoms with Gasteiger partial charge in [0.2, 0.25) is 0 Å². The van der Waals surface area contributed by atoms with Gasteiger partial charge in [-0.15, -0.1) is 0 Å². The molecular weight excluding hydrogens is 212 g/mol. The van der Waals surface area contributed by atoms with Crippen LogP contribution in [0.4, 0.5) is 0 Å². The van der Waals surface area contributed by atoms with Crippen LogP contribution < -0.4 is 22.9 Å². The number of rotatable bonds is 2. The molecule has 2 saturated carbocycles. The molecule has 2 fully saturated rings. The van der Waals surface area contributed by atoms with Gasteiger partial charge in [0.25, 0.3) is 0 Å². The molecule has 4 heteroatoms. The van der Waals surface area contributed by atoms with Crippen molar-refractivity contribution in [2.45, 2.75) is 80.9 Å². The summed E-state index contributed by atoms with van der Waals surface area (Å²) in [6.45, 7) is 0. The molecule has 0 atom stereocenters. The molecule has 2 rings (SSSR count). The van der Waals surface area contributed by atoms with Crippen LogP contribution in [0.25, 0.3) is 0 Å². The van der Waals surface area contributed by atoms with E-state index in [-0.39, 0.29) is 11.1 Å². The van der Waals surface area contributed by atoms with E-state index in [1.54, 1.807) is 0 Å². The van der Waals surface area contributed by atoms with Crippen molar-refractivity contribution in [1.29, 1.82) is 0 Å². The van der Waals surface area contributed by atoms with E-state index >= 15 is 0 Å². The first-order chi connectivity index (χ1) is 7.91. The van der Waals surface area contributed by atoms with Crippen LogP contribution in [0.1, 0.15) is 57.8 Å². The summed E-state index contributed by atoms with van der Waals surface area (Å²) in [5.41, 5.74) is 24.7. The lowest BCUT2D eigenvalue weighted by molar-refractivity contribution is 0.165. The summed E-state index contributed by atoms with van der Waals surface area (Å²) in [5.74, 6) is 0. The highest BCUT2D eigenvalue weighted by Gasteiger charge is 2.39. The Balaban J connectivity index is 1.91. The van der Waals surface area contributed by atoms with Gasteiger partial charge in [0.15, 0.2) is 0 Å². The predicted octanol–water partition coefficient (Wildman–Crippen LogP) is 0.574. The van der Waals surface area contributed by atoms with Gasteiger partial charge in [0.1, 0.15) is 0 Å². The largest absolute Gasteiger partial charge is 0.328 e. The minimum Gasteiger partial charge on any atom is -0.328 e. The van der Waals surface area contributed by atoms with E-state index < -0.39 is 0 Å². The van der Waals surface area contributed by atoms with Crippen LogP contribution in [0.5, 0.6) is 0 Å². The van der Waals surface area contributed by atoms with Crippen LogP contribution in [-0.4, -0.2) is 23.2 Å².